The molecular weight excluding hydrogens is 284 g/mol. The van der Waals surface area contributed by atoms with Crippen molar-refractivity contribution in [2.45, 2.75) is 6.54 Å². The average molecular weight is 298 g/mol. The fourth-order valence-corrected chi connectivity index (χ4v) is 2.23. The first-order valence-electron chi connectivity index (χ1n) is 6.51. The van der Waals surface area contributed by atoms with Crippen LogP contribution in [0.3, 0.4) is 0 Å². The van der Waals surface area contributed by atoms with Gasteiger partial charge in [-0.15, -0.1) is 5.10 Å². The lowest BCUT2D eigenvalue weighted by molar-refractivity contribution is 0.608. The maximum atomic E-state index is 5.80. The molecule has 0 aliphatic heterocycles. The summed E-state index contributed by atoms with van der Waals surface area (Å²) in [5, 5.41) is 11.9. The first-order valence-corrected chi connectivity index (χ1v) is 6.92. The van der Waals surface area contributed by atoms with Crippen LogP contribution < -0.4 is 11.1 Å². The monoisotopic (exact) mass is 298 g/mol. The Morgan fingerprint density at radius 1 is 1.33 bits per heavy atom. The number of anilines is 1. The summed E-state index contributed by atoms with van der Waals surface area (Å²) in [6, 6.07) is 9.83. The Bertz CT molecular complexity index is 768. The Morgan fingerprint density at radius 3 is 2.95 bits per heavy atom. The molecule has 6 nitrogen and oxygen atoms in total. The van der Waals surface area contributed by atoms with E-state index in [2.05, 4.69) is 20.6 Å². The molecule has 3 rings (SSSR count). The molecule has 0 aliphatic rings. The van der Waals surface area contributed by atoms with Gasteiger partial charge in [-0.2, -0.15) is 0 Å². The summed E-state index contributed by atoms with van der Waals surface area (Å²) in [7, 11) is 0. The van der Waals surface area contributed by atoms with Crippen molar-refractivity contribution in [1.29, 1.82) is 0 Å². The Balaban J connectivity index is 1.85. The van der Waals surface area contributed by atoms with E-state index in [-0.39, 0.29) is 0 Å². The van der Waals surface area contributed by atoms with Gasteiger partial charge in [-0.1, -0.05) is 35.6 Å². The summed E-state index contributed by atoms with van der Waals surface area (Å²) >= 11 is 5.11. The van der Waals surface area contributed by atoms with Crippen molar-refractivity contribution in [3.05, 3.63) is 48.3 Å². The third-order valence-electron chi connectivity index (χ3n) is 3.09. The van der Waals surface area contributed by atoms with Gasteiger partial charge in [0.2, 0.25) is 0 Å². The van der Waals surface area contributed by atoms with Crippen LogP contribution in [0.15, 0.2) is 42.7 Å². The van der Waals surface area contributed by atoms with Gasteiger partial charge in [0.15, 0.2) is 0 Å². The fourth-order valence-electron chi connectivity index (χ4n) is 2.08. The number of pyridine rings is 1. The smallest absolute Gasteiger partial charge is 0.137 e. The summed E-state index contributed by atoms with van der Waals surface area (Å²) in [6.45, 7) is 1.34. The normalized spacial score (nSPS) is 10.7. The van der Waals surface area contributed by atoms with Gasteiger partial charge in [0.1, 0.15) is 10.8 Å². The quantitative estimate of drug-likeness (QED) is 0.696. The molecule has 0 amide bonds. The molecule has 1 aromatic carbocycles. The zero-order valence-corrected chi connectivity index (χ0v) is 12.0. The number of rotatable bonds is 5. The molecular formula is C14H14N6S. The molecule has 0 saturated carbocycles. The summed E-state index contributed by atoms with van der Waals surface area (Å²) < 4.78 is 1.74. The molecule has 0 radical (unpaired) electrons. The summed E-state index contributed by atoms with van der Waals surface area (Å²) in [5.41, 5.74) is 7.45. The van der Waals surface area contributed by atoms with Gasteiger partial charge in [-0.25, -0.2) is 4.98 Å². The number of para-hydroxylation sites is 1. The topological polar surface area (TPSA) is 81.6 Å². The number of hydrogen-bond donors (Lipinski definition) is 2. The first-order chi connectivity index (χ1) is 10.2. The Labute approximate surface area is 127 Å². The molecule has 0 bridgehead atoms. The molecule has 0 unspecified atom stereocenters. The molecule has 106 valence electrons. The van der Waals surface area contributed by atoms with Crippen molar-refractivity contribution in [3.63, 3.8) is 0 Å². The highest BCUT2D eigenvalue weighted by molar-refractivity contribution is 7.80. The van der Waals surface area contributed by atoms with E-state index in [0.717, 1.165) is 16.5 Å². The maximum absolute atomic E-state index is 5.80. The lowest BCUT2D eigenvalue weighted by Gasteiger charge is -2.11. The molecule has 3 N–H and O–H groups in total. The van der Waals surface area contributed by atoms with Crippen molar-refractivity contribution in [3.8, 4) is 0 Å². The highest BCUT2D eigenvalue weighted by atomic mass is 32.1. The predicted molar refractivity (Wildman–Crippen MR) is 86.1 cm³/mol. The minimum absolute atomic E-state index is 0.330. The van der Waals surface area contributed by atoms with Crippen molar-refractivity contribution in [1.82, 2.24) is 20.0 Å². The van der Waals surface area contributed by atoms with E-state index in [0.29, 0.717) is 23.9 Å². The number of nitrogens with zero attached hydrogens (tertiary/aromatic N) is 4. The van der Waals surface area contributed by atoms with Crippen LogP contribution in [0.25, 0.3) is 10.9 Å². The average Bonchev–Trinajstić information content (AvgIpc) is 2.99. The van der Waals surface area contributed by atoms with E-state index < -0.39 is 0 Å². The zero-order chi connectivity index (χ0) is 14.7. The van der Waals surface area contributed by atoms with Gasteiger partial charge in [-0.05, 0) is 12.1 Å². The number of hydrogen-bond acceptors (Lipinski definition) is 5. The Morgan fingerprint density at radius 2 is 2.19 bits per heavy atom. The van der Waals surface area contributed by atoms with Gasteiger partial charge in [-0.3, -0.25) is 4.68 Å². The van der Waals surface area contributed by atoms with E-state index in [9.17, 15) is 0 Å². The number of nitrogens with two attached hydrogens (primary N) is 1. The van der Waals surface area contributed by atoms with Crippen LogP contribution in [0, 0.1) is 0 Å². The maximum Gasteiger partial charge on any atom is 0.137 e. The van der Waals surface area contributed by atoms with E-state index in [1.54, 1.807) is 10.9 Å². The Kier molecular flexibility index (Phi) is 3.74. The number of nitrogens with one attached hydrogen (secondary N) is 1. The van der Waals surface area contributed by atoms with Crippen LogP contribution in [0.2, 0.25) is 0 Å². The third-order valence-corrected chi connectivity index (χ3v) is 3.31. The summed E-state index contributed by atoms with van der Waals surface area (Å²) in [5.74, 6) is 0.696. The van der Waals surface area contributed by atoms with Gasteiger partial charge in [0.25, 0.3) is 0 Å². The highest BCUT2D eigenvalue weighted by Crippen LogP contribution is 2.20. The van der Waals surface area contributed by atoms with Crippen LogP contribution >= 0.6 is 12.2 Å². The molecule has 0 aliphatic carbocycles. The second-order valence-electron chi connectivity index (χ2n) is 4.53. The van der Waals surface area contributed by atoms with Crippen LogP contribution in [-0.2, 0) is 6.54 Å². The summed E-state index contributed by atoms with van der Waals surface area (Å²) in [6.07, 6.45) is 3.46. The van der Waals surface area contributed by atoms with Gasteiger partial charge in [0, 0.05) is 18.1 Å². The lowest BCUT2D eigenvalue weighted by Crippen LogP contribution is -2.17. The standard InChI is InChI=1S/C14H14N6S/c15-13(21)11-9-10-3-1-2-4-12(10)18-14(11)16-5-7-20-8-6-17-19-20/h1-4,6,8-9H,5,7H2,(H2,15,21)(H,16,18). The van der Waals surface area contributed by atoms with Crippen LogP contribution in [0.4, 0.5) is 5.82 Å². The minimum atomic E-state index is 0.330. The van der Waals surface area contributed by atoms with Crippen LogP contribution in [0.5, 0.6) is 0 Å². The molecule has 0 fully saturated rings. The highest BCUT2D eigenvalue weighted by Gasteiger charge is 2.09. The van der Waals surface area contributed by atoms with Crippen molar-refractivity contribution in [2.24, 2.45) is 5.73 Å². The molecule has 2 heterocycles. The van der Waals surface area contributed by atoms with Crippen LogP contribution in [0.1, 0.15) is 5.56 Å². The van der Waals surface area contributed by atoms with Crippen LogP contribution in [-0.4, -0.2) is 31.5 Å². The predicted octanol–water partition coefficient (Wildman–Crippen LogP) is 1.57. The molecule has 21 heavy (non-hydrogen) atoms. The summed E-state index contributed by atoms with van der Waals surface area (Å²) in [4.78, 5) is 4.92. The number of benzene rings is 1. The second kappa shape index (κ2) is 5.84. The molecule has 0 spiro atoms. The van der Waals surface area contributed by atoms with Crippen molar-refractivity contribution in [2.75, 3.05) is 11.9 Å². The number of thiocarbonyl (C=S) groups is 1. The van der Waals surface area contributed by atoms with Gasteiger partial charge in [0.05, 0.1) is 23.8 Å². The number of fused-ring (bicyclic) bond motifs is 1. The van der Waals surface area contributed by atoms with E-state index in [4.69, 9.17) is 18.0 Å². The molecule has 0 saturated heterocycles. The Hall–Kier alpha value is -2.54. The zero-order valence-electron chi connectivity index (χ0n) is 11.2. The van der Waals surface area contributed by atoms with E-state index in [1.807, 2.05) is 36.5 Å². The van der Waals surface area contributed by atoms with Gasteiger partial charge >= 0.3 is 0 Å². The molecule has 3 aromatic rings. The second-order valence-corrected chi connectivity index (χ2v) is 4.97. The van der Waals surface area contributed by atoms with E-state index >= 15 is 0 Å². The lowest BCUT2D eigenvalue weighted by atomic mass is 10.1. The molecule has 7 heteroatoms. The molecule has 0 atom stereocenters. The van der Waals surface area contributed by atoms with Gasteiger partial charge < -0.3 is 11.1 Å². The van der Waals surface area contributed by atoms with Crippen molar-refractivity contribution < 1.29 is 0 Å². The first kappa shape index (κ1) is 13.4. The fraction of sp³-hybridized carbons (Fsp3) is 0.143. The third kappa shape index (κ3) is 2.97. The molecule has 2 aromatic heterocycles. The van der Waals surface area contributed by atoms with E-state index in [1.165, 1.54) is 0 Å². The minimum Gasteiger partial charge on any atom is -0.389 e. The number of aromatic nitrogens is 4. The largest absolute Gasteiger partial charge is 0.389 e. The SMILES string of the molecule is NC(=S)c1cc2ccccc2nc1NCCn1ccnn1. The van der Waals surface area contributed by atoms with Crippen molar-refractivity contribution >= 4 is 33.9 Å².